The summed E-state index contributed by atoms with van der Waals surface area (Å²) in [5.74, 6) is 0.381. The second kappa shape index (κ2) is 7.24. The molecule has 0 aliphatic heterocycles. The van der Waals surface area contributed by atoms with E-state index in [9.17, 15) is 4.79 Å². The van der Waals surface area contributed by atoms with E-state index in [1.165, 1.54) is 0 Å². The molecule has 1 amide bonds. The molecule has 0 radical (unpaired) electrons. The van der Waals surface area contributed by atoms with Crippen LogP contribution in [0.4, 0.5) is 5.69 Å². The maximum atomic E-state index is 12.9. The van der Waals surface area contributed by atoms with E-state index in [2.05, 4.69) is 5.32 Å². The summed E-state index contributed by atoms with van der Waals surface area (Å²) in [6.45, 7) is 3.94. The molecule has 1 N–H and O–H groups in total. The summed E-state index contributed by atoms with van der Waals surface area (Å²) in [4.78, 5) is 14.0. The van der Waals surface area contributed by atoms with Gasteiger partial charge in [0.2, 0.25) is 0 Å². The summed E-state index contributed by atoms with van der Waals surface area (Å²) in [6, 6.07) is 12.8. The Bertz CT molecular complexity index is 936. The number of amides is 1. The lowest BCUT2D eigenvalue weighted by Gasteiger charge is -2.10. The van der Waals surface area contributed by atoms with Crippen LogP contribution in [0.1, 0.15) is 20.8 Å². The van der Waals surface area contributed by atoms with Crippen molar-refractivity contribution in [2.24, 2.45) is 0 Å². The van der Waals surface area contributed by atoms with Crippen LogP contribution in [0.3, 0.4) is 0 Å². The molecule has 0 bridgehead atoms. The fourth-order valence-electron chi connectivity index (χ4n) is 2.50. The molecule has 2 aromatic heterocycles. The van der Waals surface area contributed by atoms with E-state index in [4.69, 9.17) is 10.00 Å². The van der Waals surface area contributed by atoms with E-state index in [1.54, 1.807) is 35.6 Å². The van der Waals surface area contributed by atoms with Gasteiger partial charge in [0.05, 0.1) is 5.56 Å². The van der Waals surface area contributed by atoms with Crippen molar-refractivity contribution in [1.82, 2.24) is 4.57 Å². The number of hydrogen-bond donors (Lipinski definition) is 1. The van der Waals surface area contributed by atoms with E-state index in [1.807, 2.05) is 49.0 Å². The molecule has 25 heavy (non-hydrogen) atoms. The van der Waals surface area contributed by atoms with Crippen LogP contribution in [0.25, 0.3) is 5.00 Å². The monoisotopic (exact) mass is 351 g/mol. The highest BCUT2D eigenvalue weighted by molar-refractivity contribution is 7.15. The Kier molecular flexibility index (Phi) is 4.87. The SMILES string of the molecule is Cc1sc(-n2cccc2)c(C(=O)Nc2cccc(OCC#N)c2)c1C. The molecular formula is C19H17N3O2S. The van der Waals surface area contributed by atoms with Gasteiger partial charge < -0.3 is 14.6 Å². The number of carbonyl (C=O) groups excluding carboxylic acids is 1. The van der Waals surface area contributed by atoms with Gasteiger partial charge in [0, 0.05) is 29.0 Å². The van der Waals surface area contributed by atoms with E-state index in [-0.39, 0.29) is 12.5 Å². The molecule has 1 aromatic carbocycles. The van der Waals surface area contributed by atoms with E-state index in [0.29, 0.717) is 17.0 Å². The number of nitriles is 1. The first kappa shape index (κ1) is 16.8. The van der Waals surface area contributed by atoms with Gasteiger partial charge in [0.15, 0.2) is 6.61 Å². The van der Waals surface area contributed by atoms with Gasteiger partial charge in [-0.15, -0.1) is 11.3 Å². The minimum Gasteiger partial charge on any atom is -0.479 e. The van der Waals surface area contributed by atoms with Crippen molar-refractivity contribution in [3.05, 3.63) is 64.8 Å². The topological polar surface area (TPSA) is 67.1 Å². The lowest BCUT2D eigenvalue weighted by Crippen LogP contribution is -2.14. The lowest BCUT2D eigenvalue weighted by molar-refractivity contribution is 0.102. The fourth-order valence-corrected chi connectivity index (χ4v) is 3.62. The lowest BCUT2D eigenvalue weighted by atomic mass is 10.1. The maximum absolute atomic E-state index is 12.9. The van der Waals surface area contributed by atoms with Crippen molar-refractivity contribution in [2.75, 3.05) is 11.9 Å². The average molecular weight is 351 g/mol. The predicted octanol–water partition coefficient (Wildman–Crippen LogP) is 4.31. The molecular weight excluding hydrogens is 334 g/mol. The third-order valence-electron chi connectivity index (χ3n) is 3.83. The number of thiophene rings is 1. The van der Waals surface area contributed by atoms with Gasteiger partial charge in [-0.3, -0.25) is 4.79 Å². The summed E-state index contributed by atoms with van der Waals surface area (Å²) in [6.07, 6.45) is 3.86. The van der Waals surface area contributed by atoms with Crippen LogP contribution in [0.15, 0.2) is 48.8 Å². The number of aromatic nitrogens is 1. The van der Waals surface area contributed by atoms with Crippen LogP contribution in [0.2, 0.25) is 0 Å². The average Bonchev–Trinajstić information content (AvgIpc) is 3.22. The van der Waals surface area contributed by atoms with Crippen LogP contribution in [0.5, 0.6) is 5.75 Å². The highest BCUT2D eigenvalue weighted by Gasteiger charge is 2.20. The first-order valence-corrected chi connectivity index (χ1v) is 8.56. The molecule has 0 aliphatic rings. The molecule has 3 rings (SSSR count). The van der Waals surface area contributed by atoms with Crippen molar-refractivity contribution >= 4 is 22.9 Å². The summed E-state index contributed by atoms with van der Waals surface area (Å²) < 4.78 is 7.23. The summed E-state index contributed by atoms with van der Waals surface area (Å²) in [5.41, 5.74) is 2.27. The van der Waals surface area contributed by atoms with Gasteiger partial charge in [-0.05, 0) is 43.7 Å². The second-order valence-corrected chi connectivity index (χ2v) is 6.69. The molecule has 0 atom stereocenters. The predicted molar refractivity (Wildman–Crippen MR) is 98.6 cm³/mol. The normalized spacial score (nSPS) is 10.3. The van der Waals surface area contributed by atoms with Crippen LogP contribution in [-0.2, 0) is 0 Å². The van der Waals surface area contributed by atoms with Crippen LogP contribution in [-0.4, -0.2) is 17.1 Å². The number of aryl methyl sites for hydroxylation is 1. The summed E-state index contributed by atoms with van der Waals surface area (Å²) in [5, 5.41) is 12.4. The minimum absolute atomic E-state index is 0.0298. The quantitative estimate of drug-likeness (QED) is 0.745. The molecule has 0 saturated heterocycles. The first-order chi connectivity index (χ1) is 12.1. The van der Waals surface area contributed by atoms with Crippen molar-refractivity contribution in [1.29, 1.82) is 5.26 Å². The number of nitrogens with one attached hydrogen (secondary N) is 1. The molecule has 5 nitrogen and oxygen atoms in total. The van der Waals surface area contributed by atoms with Crippen molar-refractivity contribution in [3.8, 4) is 16.8 Å². The molecule has 0 fully saturated rings. The molecule has 0 spiro atoms. The van der Waals surface area contributed by atoms with E-state index >= 15 is 0 Å². The smallest absolute Gasteiger partial charge is 0.258 e. The van der Waals surface area contributed by atoms with E-state index in [0.717, 1.165) is 15.4 Å². The number of carbonyl (C=O) groups is 1. The number of benzene rings is 1. The zero-order valence-corrected chi connectivity index (χ0v) is 14.8. The van der Waals surface area contributed by atoms with Crippen LogP contribution < -0.4 is 10.1 Å². The maximum Gasteiger partial charge on any atom is 0.258 e. The Hall–Kier alpha value is -3.04. The zero-order chi connectivity index (χ0) is 17.8. The number of hydrogen-bond acceptors (Lipinski definition) is 4. The third kappa shape index (κ3) is 3.57. The van der Waals surface area contributed by atoms with E-state index < -0.39 is 0 Å². The standard InChI is InChI=1S/C19H17N3O2S/c1-13-14(2)25-19(22-9-3-4-10-22)17(13)18(23)21-15-6-5-7-16(12-15)24-11-8-20/h3-7,9-10,12H,11H2,1-2H3,(H,21,23). The van der Waals surface area contributed by atoms with Crippen molar-refractivity contribution in [3.63, 3.8) is 0 Å². The fraction of sp³-hybridized carbons (Fsp3) is 0.158. The van der Waals surface area contributed by atoms with Gasteiger partial charge in [0.25, 0.3) is 5.91 Å². The molecule has 0 aliphatic carbocycles. The number of anilines is 1. The highest BCUT2D eigenvalue weighted by Crippen LogP contribution is 2.31. The molecule has 3 aromatic rings. The number of rotatable bonds is 5. The highest BCUT2D eigenvalue weighted by atomic mass is 32.1. The second-order valence-electron chi connectivity index (χ2n) is 5.48. The van der Waals surface area contributed by atoms with Crippen LogP contribution >= 0.6 is 11.3 Å². The molecule has 126 valence electrons. The Morgan fingerprint density at radius 2 is 2.04 bits per heavy atom. The first-order valence-electron chi connectivity index (χ1n) is 7.74. The van der Waals surface area contributed by atoms with Gasteiger partial charge in [-0.1, -0.05) is 6.07 Å². The zero-order valence-electron chi connectivity index (χ0n) is 13.9. The minimum atomic E-state index is -0.164. The molecule has 6 heteroatoms. The Morgan fingerprint density at radius 1 is 1.28 bits per heavy atom. The summed E-state index contributed by atoms with van der Waals surface area (Å²) >= 11 is 1.59. The van der Waals surface area contributed by atoms with Crippen LogP contribution in [0, 0.1) is 25.2 Å². The van der Waals surface area contributed by atoms with Gasteiger partial charge in [0.1, 0.15) is 16.8 Å². The summed E-state index contributed by atoms with van der Waals surface area (Å²) in [7, 11) is 0. The van der Waals surface area contributed by atoms with Gasteiger partial charge >= 0.3 is 0 Å². The van der Waals surface area contributed by atoms with Crippen molar-refractivity contribution in [2.45, 2.75) is 13.8 Å². The molecule has 2 heterocycles. The molecule has 0 unspecified atom stereocenters. The van der Waals surface area contributed by atoms with Gasteiger partial charge in [-0.2, -0.15) is 5.26 Å². The van der Waals surface area contributed by atoms with Gasteiger partial charge in [-0.25, -0.2) is 0 Å². The molecule has 0 saturated carbocycles. The largest absolute Gasteiger partial charge is 0.479 e. The number of ether oxygens (including phenoxy) is 1. The van der Waals surface area contributed by atoms with Crippen molar-refractivity contribution < 1.29 is 9.53 Å². The third-order valence-corrected chi connectivity index (χ3v) is 5.05. The Labute approximate surface area is 150 Å². The Morgan fingerprint density at radius 3 is 2.76 bits per heavy atom. The Balaban J connectivity index is 1.89. The number of nitrogens with zero attached hydrogens (tertiary/aromatic N) is 2.